The first-order chi connectivity index (χ1) is 18.2. The zero-order valence-electron chi connectivity index (χ0n) is 20.1. The monoisotopic (exact) mass is 516 g/mol. The van der Waals surface area contributed by atoms with Gasteiger partial charge in [0.2, 0.25) is 12.7 Å². The number of hydrogen-bond donors (Lipinski definition) is 1. The SMILES string of the molecule is CCCCOc1ccc(-c2cc3c4nnc(SCC(=O)Nc5ccc6c(c5)OCO6)n4ccn3n2)cc1. The molecule has 0 radical (unpaired) electrons. The number of fused-ring (bicyclic) bond motifs is 4. The summed E-state index contributed by atoms with van der Waals surface area (Å²) < 4.78 is 20.1. The zero-order chi connectivity index (χ0) is 25.2. The van der Waals surface area contributed by atoms with Gasteiger partial charge < -0.3 is 19.5 Å². The lowest BCUT2D eigenvalue weighted by molar-refractivity contribution is -0.113. The van der Waals surface area contributed by atoms with Gasteiger partial charge in [0.25, 0.3) is 0 Å². The van der Waals surface area contributed by atoms with E-state index in [2.05, 4.69) is 22.4 Å². The molecule has 0 saturated heterocycles. The Bertz CT molecular complexity index is 1580. The third kappa shape index (κ3) is 4.77. The van der Waals surface area contributed by atoms with Gasteiger partial charge in [-0.15, -0.1) is 10.2 Å². The van der Waals surface area contributed by atoms with Crippen molar-refractivity contribution in [1.82, 2.24) is 24.2 Å². The van der Waals surface area contributed by atoms with Crippen molar-refractivity contribution in [3.8, 4) is 28.5 Å². The van der Waals surface area contributed by atoms with Crippen LogP contribution in [-0.4, -0.2) is 49.3 Å². The normalized spacial score (nSPS) is 12.4. The lowest BCUT2D eigenvalue weighted by atomic mass is 10.1. The molecule has 6 rings (SSSR count). The minimum atomic E-state index is -0.157. The number of hydrogen-bond acceptors (Lipinski definition) is 8. The molecule has 11 heteroatoms. The highest BCUT2D eigenvalue weighted by molar-refractivity contribution is 7.99. The predicted octanol–water partition coefficient (Wildman–Crippen LogP) is 4.68. The molecule has 0 bridgehead atoms. The van der Waals surface area contributed by atoms with Gasteiger partial charge in [0.05, 0.1) is 18.1 Å². The fourth-order valence-electron chi connectivity index (χ4n) is 3.99. The number of carbonyl (C=O) groups is 1. The van der Waals surface area contributed by atoms with Crippen molar-refractivity contribution >= 4 is 34.5 Å². The van der Waals surface area contributed by atoms with E-state index < -0.39 is 0 Å². The van der Waals surface area contributed by atoms with Gasteiger partial charge in [0, 0.05) is 29.7 Å². The van der Waals surface area contributed by atoms with Gasteiger partial charge in [-0.3, -0.25) is 9.20 Å². The van der Waals surface area contributed by atoms with E-state index in [4.69, 9.17) is 19.3 Å². The molecule has 1 N–H and O–H groups in total. The van der Waals surface area contributed by atoms with Crippen molar-refractivity contribution in [2.24, 2.45) is 0 Å². The van der Waals surface area contributed by atoms with Crippen molar-refractivity contribution < 1.29 is 19.0 Å². The van der Waals surface area contributed by atoms with Gasteiger partial charge in [0.1, 0.15) is 11.3 Å². The maximum atomic E-state index is 12.5. The Morgan fingerprint density at radius 3 is 2.81 bits per heavy atom. The van der Waals surface area contributed by atoms with E-state index in [1.165, 1.54) is 11.8 Å². The summed E-state index contributed by atoms with van der Waals surface area (Å²) in [6, 6.07) is 15.2. The van der Waals surface area contributed by atoms with E-state index in [0.717, 1.165) is 42.0 Å². The average molecular weight is 517 g/mol. The average Bonchev–Trinajstić information content (AvgIpc) is 3.65. The quantitative estimate of drug-likeness (QED) is 0.222. The topological polar surface area (TPSA) is 104 Å². The molecule has 1 aliphatic rings. The molecule has 1 aliphatic heterocycles. The molecule has 0 spiro atoms. The fourth-order valence-corrected chi connectivity index (χ4v) is 4.71. The highest BCUT2D eigenvalue weighted by Crippen LogP contribution is 2.34. The highest BCUT2D eigenvalue weighted by atomic mass is 32.2. The molecule has 0 saturated carbocycles. The van der Waals surface area contributed by atoms with Crippen LogP contribution in [-0.2, 0) is 4.79 Å². The van der Waals surface area contributed by atoms with Gasteiger partial charge in [0.15, 0.2) is 22.3 Å². The number of nitrogens with zero attached hydrogens (tertiary/aromatic N) is 5. The van der Waals surface area contributed by atoms with Crippen LogP contribution in [0.4, 0.5) is 5.69 Å². The molecule has 37 heavy (non-hydrogen) atoms. The van der Waals surface area contributed by atoms with Gasteiger partial charge in [-0.2, -0.15) is 5.10 Å². The van der Waals surface area contributed by atoms with Gasteiger partial charge >= 0.3 is 0 Å². The van der Waals surface area contributed by atoms with Gasteiger partial charge in [-0.25, -0.2) is 4.52 Å². The fraction of sp³-hybridized carbons (Fsp3) is 0.231. The van der Waals surface area contributed by atoms with E-state index in [1.807, 2.05) is 47.1 Å². The molecule has 0 atom stereocenters. The van der Waals surface area contributed by atoms with Crippen LogP contribution in [0.1, 0.15) is 19.8 Å². The Hall–Kier alpha value is -4.25. The maximum absolute atomic E-state index is 12.5. The summed E-state index contributed by atoms with van der Waals surface area (Å²) in [5, 5.41) is 16.9. The Morgan fingerprint density at radius 2 is 1.95 bits per heavy atom. The van der Waals surface area contributed by atoms with Crippen LogP contribution in [0.2, 0.25) is 0 Å². The number of thioether (sulfide) groups is 1. The molecular formula is C26H24N6O4S. The zero-order valence-corrected chi connectivity index (χ0v) is 20.9. The molecule has 0 aliphatic carbocycles. The molecule has 5 aromatic rings. The molecule has 0 unspecified atom stereocenters. The third-order valence-corrected chi connectivity index (χ3v) is 6.83. The number of rotatable bonds is 9. The third-order valence-electron chi connectivity index (χ3n) is 5.89. The standard InChI is InChI=1S/C26H24N6O4S/c1-2-3-12-34-19-7-4-17(5-8-19)20-14-21-25-28-29-26(31(25)10-11-32(21)30-20)37-15-24(33)27-18-6-9-22-23(13-18)36-16-35-22/h4-11,13-14H,2-3,12,15-16H2,1H3,(H,27,33). The smallest absolute Gasteiger partial charge is 0.234 e. The number of benzene rings is 2. The van der Waals surface area contributed by atoms with Crippen LogP contribution in [0.15, 0.2) is 66.1 Å². The van der Waals surface area contributed by atoms with Crippen molar-refractivity contribution in [3.05, 3.63) is 60.9 Å². The first kappa shape index (κ1) is 23.2. The van der Waals surface area contributed by atoms with Crippen molar-refractivity contribution in [2.75, 3.05) is 24.5 Å². The van der Waals surface area contributed by atoms with Gasteiger partial charge in [-0.1, -0.05) is 25.1 Å². The summed E-state index contributed by atoms with van der Waals surface area (Å²) in [5.41, 5.74) is 3.95. The summed E-state index contributed by atoms with van der Waals surface area (Å²) >= 11 is 1.31. The molecule has 1 amide bonds. The van der Waals surface area contributed by atoms with E-state index in [-0.39, 0.29) is 18.5 Å². The first-order valence-electron chi connectivity index (χ1n) is 12.0. The Kier molecular flexibility index (Phi) is 6.27. The molecule has 10 nitrogen and oxygen atoms in total. The van der Waals surface area contributed by atoms with E-state index >= 15 is 0 Å². The van der Waals surface area contributed by atoms with Crippen molar-refractivity contribution in [2.45, 2.75) is 24.9 Å². The van der Waals surface area contributed by atoms with Crippen LogP contribution < -0.4 is 19.5 Å². The van der Waals surface area contributed by atoms with Crippen LogP contribution in [0.3, 0.4) is 0 Å². The molecule has 4 heterocycles. The van der Waals surface area contributed by atoms with Crippen LogP contribution in [0, 0.1) is 0 Å². The lowest BCUT2D eigenvalue weighted by Gasteiger charge is -2.05. The lowest BCUT2D eigenvalue weighted by Crippen LogP contribution is -2.14. The van der Waals surface area contributed by atoms with Crippen molar-refractivity contribution in [1.29, 1.82) is 0 Å². The second-order valence-electron chi connectivity index (χ2n) is 8.46. The van der Waals surface area contributed by atoms with Crippen molar-refractivity contribution in [3.63, 3.8) is 0 Å². The molecule has 0 fully saturated rings. The summed E-state index contributed by atoms with van der Waals surface area (Å²) in [4.78, 5) is 12.5. The highest BCUT2D eigenvalue weighted by Gasteiger charge is 2.16. The molecule has 3 aromatic heterocycles. The number of carbonyl (C=O) groups excluding carboxylic acids is 1. The number of nitrogens with one attached hydrogen (secondary N) is 1. The molecular weight excluding hydrogens is 492 g/mol. The second kappa shape index (κ2) is 10.0. The van der Waals surface area contributed by atoms with Crippen LogP contribution >= 0.6 is 11.8 Å². The summed E-state index contributed by atoms with van der Waals surface area (Å²) in [6.07, 6.45) is 5.84. The number of aromatic nitrogens is 5. The molecule has 188 valence electrons. The van der Waals surface area contributed by atoms with E-state index in [0.29, 0.717) is 28.0 Å². The second-order valence-corrected chi connectivity index (χ2v) is 9.41. The predicted molar refractivity (Wildman–Crippen MR) is 139 cm³/mol. The minimum Gasteiger partial charge on any atom is -0.494 e. The minimum absolute atomic E-state index is 0.157. The van der Waals surface area contributed by atoms with Crippen LogP contribution in [0.25, 0.3) is 22.4 Å². The number of unbranched alkanes of at least 4 members (excludes halogenated alkanes) is 1. The number of ether oxygens (including phenoxy) is 3. The van der Waals surface area contributed by atoms with E-state index in [9.17, 15) is 4.79 Å². The maximum Gasteiger partial charge on any atom is 0.234 e. The van der Waals surface area contributed by atoms with E-state index in [1.54, 1.807) is 22.7 Å². The largest absolute Gasteiger partial charge is 0.494 e. The Balaban J connectivity index is 1.15. The Labute approximate surface area is 216 Å². The summed E-state index contributed by atoms with van der Waals surface area (Å²) in [7, 11) is 0. The summed E-state index contributed by atoms with van der Waals surface area (Å²) in [6.45, 7) is 3.05. The molecule has 2 aromatic carbocycles. The number of anilines is 1. The van der Waals surface area contributed by atoms with Gasteiger partial charge in [-0.05, 0) is 48.9 Å². The first-order valence-corrected chi connectivity index (χ1v) is 12.9. The number of amides is 1. The Morgan fingerprint density at radius 1 is 1.08 bits per heavy atom. The summed E-state index contributed by atoms with van der Waals surface area (Å²) in [5.74, 6) is 2.16. The van der Waals surface area contributed by atoms with Crippen LogP contribution in [0.5, 0.6) is 17.2 Å².